The van der Waals surface area contributed by atoms with Gasteiger partial charge in [0.25, 0.3) is 0 Å². The lowest BCUT2D eigenvalue weighted by atomic mass is 10.1. The van der Waals surface area contributed by atoms with Gasteiger partial charge in [-0.2, -0.15) is 0 Å². The van der Waals surface area contributed by atoms with E-state index in [1.54, 1.807) is 6.20 Å². The lowest BCUT2D eigenvalue weighted by Crippen LogP contribution is -1.97. The predicted octanol–water partition coefficient (Wildman–Crippen LogP) is 5.30. The van der Waals surface area contributed by atoms with Gasteiger partial charge in [-0.25, -0.2) is 4.98 Å². The Labute approximate surface area is 145 Å². The van der Waals surface area contributed by atoms with E-state index in [4.69, 9.17) is 16.6 Å². The second-order valence-electron chi connectivity index (χ2n) is 5.66. The Morgan fingerprint density at radius 1 is 0.958 bits per heavy atom. The molecule has 0 atom stereocenters. The van der Waals surface area contributed by atoms with E-state index in [9.17, 15) is 0 Å². The predicted molar refractivity (Wildman–Crippen MR) is 98.7 cm³/mol. The normalized spacial score (nSPS) is 11.1. The summed E-state index contributed by atoms with van der Waals surface area (Å²) in [5.74, 6) is 0.906. The molecule has 0 bridgehead atoms. The molecule has 2 aromatic carbocycles. The van der Waals surface area contributed by atoms with Crippen LogP contribution in [0.3, 0.4) is 0 Å². The van der Waals surface area contributed by atoms with Gasteiger partial charge < -0.3 is 0 Å². The third kappa shape index (κ3) is 2.57. The molecule has 0 radical (unpaired) electrons. The Morgan fingerprint density at radius 3 is 2.42 bits per heavy atom. The number of fused-ring (bicyclic) bond motifs is 1. The van der Waals surface area contributed by atoms with Crippen molar-refractivity contribution < 1.29 is 0 Å². The minimum absolute atomic E-state index is 0.718. The monoisotopic (exact) mass is 333 g/mol. The van der Waals surface area contributed by atoms with E-state index in [-0.39, 0.29) is 0 Å². The summed E-state index contributed by atoms with van der Waals surface area (Å²) in [6.07, 6.45) is 4.64. The molecule has 0 unspecified atom stereocenters. The van der Waals surface area contributed by atoms with Crippen molar-refractivity contribution in [3.63, 3.8) is 0 Å². The second kappa shape index (κ2) is 6.10. The van der Waals surface area contributed by atoms with Gasteiger partial charge in [-0.15, -0.1) is 0 Å². The summed E-state index contributed by atoms with van der Waals surface area (Å²) in [5.41, 5.74) is 5.32. The van der Waals surface area contributed by atoms with E-state index >= 15 is 0 Å². The number of aryl methyl sites for hydroxylation is 1. The van der Waals surface area contributed by atoms with Crippen molar-refractivity contribution in [2.24, 2.45) is 0 Å². The molecular weight excluding hydrogens is 318 g/mol. The lowest BCUT2D eigenvalue weighted by Gasteiger charge is -2.10. The maximum atomic E-state index is 6.04. The van der Waals surface area contributed by atoms with Gasteiger partial charge in [-0.1, -0.05) is 42.8 Å². The van der Waals surface area contributed by atoms with Crippen LogP contribution >= 0.6 is 11.6 Å². The number of imidazole rings is 1. The Bertz CT molecular complexity index is 986. The van der Waals surface area contributed by atoms with Crippen LogP contribution in [-0.2, 0) is 6.42 Å². The molecule has 0 amide bonds. The molecule has 0 spiro atoms. The second-order valence-corrected chi connectivity index (χ2v) is 6.10. The van der Waals surface area contributed by atoms with Gasteiger partial charge in [0.2, 0.25) is 0 Å². The summed E-state index contributed by atoms with van der Waals surface area (Å²) in [5, 5.41) is 0.718. The first-order valence-electron chi connectivity index (χ1n) is 7.94. The first-order valence-corrected chi connectivity index (χ1v) is 8.32. The SMILES string of the molecule is CCc1ccc(-c2nc3ccncc3n2-c2ccc(Cl)cc2)cc1. The third-order valence-corrected chi connectivity index (χ3v) is 4.41. The molecule has 118 valence electrons. The van der Waals surface area contributed by atoms with Crippen LogP contribution < -0.4 is 0 Å². The Hall–Kier alpha value is -2.65. The number of rotatable bonds is 3. The van der Waals surface area contributed by atoms with E-state index < -0.39 is 0 Å². The number of halogens is 1. The van der Waals surface area contributed by atoms with Gasteiger partial charge in [0, 0.05) is 22.5 Å². The van der Waals surface area contributed by atoms with Crippen LogP contribution in [0.1, 0.15) is 12.5 Å². The van der Waals surface area contributed by atoms with Crippen molar-refractivity contribution >= 4 is 22.6 Å². The van der Waals surface area contributed by atoms with Gasteiger partial charge in [-0.3, -0.25) is 9.55 Å². The van der Waals surface area contributed by atoms with Gasteiger partial charge in [0.05, 0.1) is 17.2 Å². The van der Waals surface area contributed by atoms with Crippen LogP contribution in [0.15, 0.2) is 67.0 Å². The zero-order valence-corrected chi connectivity index (χ0v) is 14.0. The molecule has 4 rings (SSSR count). The Morgan fingerprint density at radius 2 is 1.71 bits per heavy atom. The summed E-state index contributed by atoms with van der Waals surface area (Å²) in [6.45, 7) is 2.16. The largest absolute Gasteiger partial charge is 0.291 e. The maximum Gasteiger partial charge on any atom is 0.145 e. The summed E-state index contributed by atoms with van der Waals surface area (Å²) in [4.78, 5) is 9.09. The summed E-state index contributed by atoms with van der Waals surface area (Å²) < 4.78 is 2.12. The number of nitrogens with zero attached hydrogens (tertiary/aromatic N) is 3. The molecule has 4 aromatic rings. The van der Waals surface area contributed by atoms with E-state index in [1.807, 2.05) is 36.5 Å². The van der Waals surface area contributed by atoms with Gasteiger partial charge in [0.15, 0.2) is 0 Å². The van der Waals surface area contributed by atoms with Crippen molar-refractivity contribution in [1.29, 1.82) is 0 Å². The minimum atomic E-state index is 0.718. The van der Waals surface area contributed by atoms with Crippen molar-refractivity contribution in [2.75, 3.05) is 0 Å². The highest BCUT2D eigenvalue weighted by Gasteiger charge is 2.14. The molecule has 0 aliphatic heterocycles. The van der Waals surface area contributed by atoms with Crippen molar-refractivity contribution in [1.82, 2.24) is 14.5 Å². The highest BCUT2D eigenvalue weighted by Crippen LogP contribution is 2.29. The quantitative estimate of drug-likeness (QED) is 0.509. The number of hydrogen-bond donors (Lipinski definition) is 0. The number of benzene rings is 2. The highest BCUT2D eigenvalue weighted by atomic mass is 35.5. The number of pyridine rings is 1. The molecule has 2 heterocycles. The lowest BCUT2D eigenvalue weighted by molar-refractivity contribution is 1.09. The zero-order chi connectivity index (χ0) is 16.5. The fourth-order valence-corrected chi connectivity index (χ4v) is 2.98. The molecule has 24 heavy (non-hydrogen) atoms. The number of hydrogen-bond acceptors (Lipinski definition) is 2. The molecule has 0 fully saturated rings. The molecule has 0 saturated carbocycles. The van der Waals surface area contributed by atoms with E-state index in [1.165, 1.54) is 5.56 Å². The van der Waals surface area contributed by atoms with Crippen LogP contribution in [0.5, 0.6) is 0 Å². The first-order chi connectivity index (χ1) is 11.8. The zero-order valence-electron chi connectivity index (χ0n) is 13.3. The fraction of sp³-hybridized carbons (Fsp3) is 0.100. The van der Waals surface area contributed by atoms with Crippen LogP contribution in [-0.4, -0.2) is 14.5 Å². The molecule has 0 aliphatic rings. The van der Waals surface area contributed by atoms with Gasteiger partial charge >= 0.3 is 0 Å². The first kappa shape index (κ1) is 14.9. The molecule has 2 aromatic heterocycles. The van der Waals surface area contributed by atoms with Gasteiger partial charge in [-0.05, 0) is 42.3 Å². The molecule has 3 nitrogen and oxygen atoms in total. The van der Waals surface area contributed by atoms with Crippen LogP contribution in [0.4, 0.5) is 0 Å². The molecule has 0 aliphatic carbocycles. The van der Waals surface area contributed by atoms with Crippen molar-refractivity contribution in [2.45, 2.75) is 13.3 Å². The van der Waals surface area contributed by atoms with E-state index in [0.29, 0.717) is 0 Å². The Balaban J connectivity index is 1.97. The summed E-state index contributed by atoms with van der Waals surface area (Å²) in [6, 6.07) is 18.3. The van der Waals surface area contributed by atoms with Crippen molar-refractivity contribution in [3.05, 3.63) is 77.6 Å². The summed E-state index contributed by atoms with van der Waals surface area (Å²) >= 11 is 6.04. The standard InChI is InChI=1S/C20H16ClN3/c1-2-14-3-5-15(6-4-14)20-23-18-11-12-22-13-19(18)24(20)17-9-7-16(21)8-10-17/h3-13H,2H2,1H3. The van der Waals surface area contributed by atoms with Gasteiger partial charge in [0.1, 0.15) is 5.82 Å². The fourth-order valence-electron chi connectivity index (χ4n) is 2.86. The van der Waals surface area contributed by atoms with Crippen LogP contribution in [0, 0.1) is 0 Å². The summed E-state index contributed by atoms with van der Waals surface area (Å²) in [7, 11) is 0. The molecule has 0 N–H and O–H groups in total. The molecule has 0 saturated heterocycles. The van der Waals surface area contributed by atoms with E-state index in [2.05, 4.69) is 40.7 Å². The Kier molecular flexibility index (Phi) is 3.79. The third-order valence-electron chi connectivity index (χ3n) is 4.16. The topological polar surface area (TPSA) is 30.7 Å². The number of aromatic nitrogens is 3. The minimum Gasteiger partial charge on any atom is -0.291 e. The maximum absolute atomic E-state index is 6.04. The molecule has 4 heteroatoms. The van der Waals surface area contributed by atoms with Crippen LogP contribution in [0.25, 0.3) is 28.1 Å². The average molecular weight is 334 g/mol. The highest BCUT2D eigenvalue weighted by molar-refractivity contribution is 6.30. The molecular formula is C20H16ClN3. The smallest absolute Gasteiger partial charge is 0.145 e. The van der Waals surface area contributed by atoms with Crippen LogP contribution in [0.2, 0.25) is 5.02 Å². The van der Waals surface area contributed by atoms with Crippen molar-refractivity contribution in [3.8, 4) is 17.1 Å². The van der Waals surface area contributed by atoms with E-state index in [0.717, 1.165) is 39.6 Å². The average Bonchev–Trinajstić information content (AvgIpc) is 3.02.